The van der Waals surface area contributed by atoms with E-state index in [1.807, 2.05) is 47.4 Å². The summed E-state index contributed by atoms with van der Waals surface area (Å²) in [7, 11) is 0. The van der Waals surface area contributed by atoms with Crippen molar-refractivity contribution in [2.75, 3.05) is 18.0 Å². The van der Waals surface area contributed by atoms with E-state index in [-0.39, 0.29) is 12.5 Å². The van der Waals surface area contributed by atoms with Crippen LogP contribution in [0.3, 0.4) is 0 Å². The van der Waals surface area contributed by atoms with E-state index < -0.39 is 5.97 Å². The van der Waals surface area contributed by atoms with Crippen LogP contribution < -0.4 is 10.2 Å². The molecule has 0 atom stereocenters. The van der Waals surface area contributed by atoms with Crippen LogP contribution >= 0.6 is 11.8 Å². The van der Waals surface area contributed by atoms with Crippen molar-refractivity contribution in [1.82, 2.24) is 5.32 Å². The second kappa shape index (κ2) is 16.2. The van der Waals surface area contributed by atoms with Crippen molar-refractivity contribution in [3.8, 4) is 0 Å². The molecule has 0 aliphatic rings. The number of carboxylic acid groups (broad SMARTS) is 1. The van der Waals surface area contributed by atoms with Crippen molar-refractivity contribution < 1.29 is 14.7 Å². The number of aliphatic carboxylic acids is 1. The van der Waals surface area contributed by atoms with E-state index in [1.165, 1.54) is 32.1 Å². The Bertz CT molecular complexity index is 870. The van der Waals surface area contributed by atoms with Gasteiger partial charge in [-0.2, -0.15) is 0 Å². The lowest BCUT2D eigenvalue weighted by Gasteiger charge is -2.24. The van der Waals surface area contributed by atoms with E-state index in [1.54, 1.807) is 11.8 Å². The van der Waals surface area contributed by atoms with Gasteiger partial charge in [-0.1, -0.05) is 88.8 Å². The number of hydrogen-bond donors (Lipinski definition) is 2. The maximum Gasteiger partial charge on any atom is 0.321 e. The summed E-state index contributed by atoms with van der Waals surface area (Å²) in [6.45, 7) is 5.82. The van der Waals surface area contributed by atoms with E-state index >= 15 is 0 Å². The molecule has 0 aromatic heterocycles. The molecule has 5 nitrogen and oxygen atoms in total. The number of carboxylic acids is 1. The Morgan fingerprint density at radius 3 is 2.21 bits per heavy atom. The normalized spacial score (nSPS) is 10.8. The molecular formula is C28H40N2O3S. The molecule has 0 bridgehead atoms. The van der Waals surface area contributed by atoms with Crippen LogP contribution in [-0.2, 0) is 11.2 Å². The number of carbonyl (C=O) groups is 2. The number of benzene rings is 2. The minimum atomic E-state index is -0.827. The first kappa shape index (κ1) is 27.8. The van der Waals surface area contributed by atoms with Gasteiger partial charge in [-0.3, -0.25) is 9.69 Å². The monoisotopic (exact) mass is 484 g/mol. The van der Waals surface area contributed by atoms with Gasteiger partial charge in [0.2, 0.25) is 0 Å². The molecule has 2 amide bonds. The Balaban J connectivity index is 2.05. The molecule has 0 aliphatic heterocycles. The summed E-state index contributed by atoms with van der Waals surface area (Å²) >= 11 is 1.61. The van der Waals surface area contributed by atoms with Gasteiger partial charge in [-0.25, -0.2) is 4.79 Å². The largest absolute Gasteiger partial charge is 0.481 e. The number of urea groups is 1. The predicted molar refractivity (Wildman–Crippen MR) is 142 cm³/mol. The molecule has 0 aliphatic carbocycles. The lowest BCUT2D eigenvalue weighted by molar-refractivity contribution is -0.136. The fraction of sp³-hybridized carbons (Fsp3) is 0.500. The summed E-state index contributed by atoms with van der Waals surface area (Å²) in [6, 6.07) is 15.7. The molecule has 2 aromatic rings. The van der Waals surface area contributed by atoms with Crippen molar-refractivity contribution in [3.63, 3.8) is 0 Å². The maximum absolute atomic E-state index is 13.1. The molecule has 2 aromatic carbocycles. The van der Waals surface area contributed by atoms with Crippen LogP contribution in [0.4, 0.5) is 10.5 Å². The van der Waals surface area contributed by atoms with Gasteiger partial charge in [0, 0.05) is 28.6 Å². The zero-order valence-corrected chi connectivity index (χ0v) is 21.5. The number of amides is 2. The quantitative estimate of drug-likeness (QED) is 0.242. The number of carbonyl (C=O) groups excluding carboxylic acids is 1. The number of nitrogens with zero attached hydrogens (tertiary/aromatic N) is 1. The first-order valence-corrected chi connectivity index (χ1v) is 13.5. The van der Waals surface area contributed by atoms with Crippen LogP contribution in [0, 0.1) is 0 Å². The molecule has 34 heavy (non-hydrogen) atoms. The fourth-order valence-electron chi connectivity index (χ4n) is 3.76. The summed E-state index contributed by atoms with van der Waals surface area (Å²) in [4.78, 5) is 27.9. The number of hydrogen-bond acceptors (Lipinski definition) is 3. The Hall–Kier alpha value is -2.47. The van der Waals surface area contributed by atoms with Gasteiger partial charge in [-0.05, 0) is 48.7 Å². The zero-order chi connectivity index (χ0) is 24.6. The van der Waals surface area contributed by atoms with E-state index in [4.69, 9.17) is 5.11 Å². The van der Waals surface area contributed by atoms with Gasteiger partial charge in [0.15, 0.2) is 0 Å². The zero-order valence-electron chi connectivity index (χ0n) is 20.7. The molecule has 0 saturated carbocycles. The number of anilines is 1. The Labute approximate surface area is 209 Å². The molecule has 2 N–H and O–H groups in total. The highest BCUT2D eigenvalue weighted by Crippen LogP contribution is 2.31. The Kier molecular flexibility index (Phi) is 13.2. The van der Waals surface area contributed by atoms with Crippen LogP contribution in [-0.4, -0.2) is 30.2 Å². The molecule has 0 heterocycles. The average Bonchev–Trinajstić information content (AvgIpc) is 2.82. The van der Waals surface area contributed by atoms with Gasteiger partial charge in [0.05, 0.1) is 6.42 Å². The van der Waals surface area contributed by atoms with Gasteiger partial charge in [-0.15, -0.1) is 0 Å². The number of nitrogens with one attached hydrogen (secondary N) is 1. The number of unbranched alkanes of at least 4 members (excludes halogenated alkanes) is 7. The highest BCUT2D eigenvalue weighted by atomic mass is 32.2. The van der Waals surface area contributed by atoms with Crippen molar-refractivity contribution in [1.29, 1.82) is 0 Å². The van der Waals surface area contributed by atoms with E-state index in [2.05, 4.69) is 25.2 Å². The predicted octanol–water partition coefficient (Wildman–Crippen LogP) is 7.53. The lowest BCUT2D eigenvalue weighted by atomic mass is 10.1. The van der Waals surface area contributed by atoms with Crippen molar-refractivity contribution >= 4 is 29.4 Å². The van der Waals surface area contributed by atoms with Crippen LogP contribution in [0.1, 0.15) is 77.2 Å². The third-order valence-corrected chi connectivity index (χ3v) is 6.68. The molecule has 0 radical (unpaired) electrons. The first-order valence-electron chi connectivity index (χ1n) is 12.7. The summed E-state index contributed by atoms with van der Waals surface area (Å²) < 4.78 is 0. The second-order valence-corrected chi connectivity index (χ2v) is 9.82. The second-order valence-electron chi connectivity index (χ2n) is 8.67. The van der Waals surface area contributed by atoms with Gasteiger partial charge < -0.3 is 10.4 Å². The van der Waals surface area contributed by atoms with Crippen LogP contribution in [0.5, 0.6) is 0 Å². The Morgan fingerprint density at radius 2 is 1.53 bits per heavy atom. The van der Waals surface area contributed by atoms with Crippen LogP contribution in [0.25, 0.3) is 0 Å². The molecule has 186 valence electrons. The van der Waals surface area contributed by atoms with Gasteiger partial charge in [0.1, 0.15) is 0 Å². The Morgan fingerprint density at radius 1 is 0.853 bits per heavy atom. The fourth-order valence-corrected chi connectivity index (χ4v) is 4.64. The first-order chi connectivity index (χ1) is 16.5. The van der Waals surface area contributed by atoms with Crippen LogP contribution in [0.15, 0.2) is 58.3 Å². The molecule has 0 unspecified atom stereocenters. The molecule has 0 saturated heterocycles. The third-order valence-electron chi connectivity index (χ3n) is 5.68. The highest BCUT2D eigenvalue weighted by Gasteiger charge is 2.16. The minimum Gasteiger partial charge on any atom is -0.481 e. The molecule has 0 spiro atoms. The van der Waals surface area contributed by atoms with Crippen LogP contribution in [0.2, 0.25) is 0 Å². The SMILES string of the molecule is CCCCCCCN(C(=O)NCCCCCC)c1cccc(Sc2ccc(CC(=O)O)cc2)c1. The highest BCUT2D eigenvalue weighted by molar-refractivity contribution is 7.99. The maximum atomic E-state index is 13.1. The molecular weight excluding hydrogens is 444 g/mol. The topological polar surface area (TPSA) is 69.6 Å². The van der Waals surface area contributed by atoms with Crippen molar-refractivity contribution in [3.05, 3.63) is 54.1 Å². The lowest BCUT2D eigenvalue weighted by Crippen LogP contribution is -2.41. The minimum absolute atomic E-state index is 0.0211. The van der Waals surface area contributed by atoms with E-state index in [9.17, 15) is 9.59 Å². The van der Waals surface area contributed by atoms with Crippen molar-refractivity contribution in [2.45, 2.75) is 87.8 Å². The molecule has 2 rings (SSSR count). The summed E-state index contributed by atoms with van der Waals surface area (Å²) in [5.41, 5.74) is 1.70. The summed E-state index contributed by atoms with van der Waals surface area (Å²) in [5, 5.41) is 12.1. The van der Waals surface area contributed by atoms with E-state index in [0.29, 0.717) is 13.1 Å². The van der Waals surface area contributed by atoms with E-state index in [0.717, 1.165) is 46.7 Å². The van der Waals surface area contributed by atoms with Crippen molar-refractivity contribution in [2.24, 2.45) is 0 Å². The standard InChI is InChI=1S/C28H40N2O3S/c1-3-5-7-9-11-20-30(28(33)29-19-10-8-6-4-2)24-13-12-14-26(22-24)34-25-17-15-23(16-18-25)21-27(31)32/h12-18,22H,3-11,19-21H2,1-2H3,(H,29,33)(H,31,32). The molecule has 0 fully saturated rings. The summed E-state index contributed by atoms with van der Waals surface area (Å²) in [5.74, 6) is -0.827. The number of rotatable bonds is 16. The van der Waals surface area contributed by atoms with Gasteiger partial charge >= 0.3 is 12.0 Å². The summed E-state index contributed by atoms with van der Waals surface area (Å²) in [6.07, 6.45) is 10.3. The average molecular weight is 485 g/mol. The smallest absolute Gasteiger partial charge is 0.321 e. The third kappa shape index (κ3) is 10.6. The molecule has 6 heteroatoms. The van der Waals surface area contributed by atoms with Gasteiger partial charge in [0.25, 0.3) is 0 Å².